The van der Waals surface area contributed by atoms with Crippen molar-refractivity contribution in [1.29, 1.82) is 0 Å². The molecule has 112 valence electrons. The summed E-state index contributed by atoms with van der Waals surface area (Å²) in [7, 11) is 0. The monoisotopic (exact) mass is 304 g/mol. The van der Waals surface area contributed by atoms with Crippen molar-refractivity contribution in [3.8, 4) is 11.6 Å². The molecule has 0 fully saturated rings. The van der Waals surface area contributed by atoms with Gasteiger partial charge in [0.05, 0.1) is 5.02 Å². The number of ether oxygens (including phenoxy) is 1. The third kappa shape index (κ3) is 4.45. The van der Waals surface area contributed by atoms with Gasteiger partial charge < -0.3 is 10.1 Å². The van der Waals surface area contributed by atoms with Crippen LogP contribution in [0.25, 0.3) is 0 Å². The molecule has 0 aliphatic heterocycles. The van der Waals surface area contributed by atoms with Gasteiger partial charge in [0.1, 0.15) is 5.75 Å². The molecular weight excluding hydrogens is 284 g/mol. The topological polar surface area (TPSA) is 34.1 Å². The van der Waals surface area contributed by atoms with E-state index in [1.165, 1.54) is 5.56 Å². The fraction of sp³-hybridized carbons (Fsp3) is 0.353. The molecule has 0 aliphatic rings. The molecule has 0 bridgehead atoms. The SMILES string of the molecule is CCNCc1cc(Oc2cccc(C(C)C)c2)ncc1Cl. The average Bonchev–Trinajstić information content (AvgIpc) is 2.48. The van der Waals surface area contributed by atoms with Gasteiger partial charge in [-0.15, -0.1) is 0 Å². The van der Waals surface area contributed by atoms with E-state index in [4.69, 9.17) is 16.3 Å². The number of hydrogen-bond donors (Lipinski definition) is 1. The van der Waals surface area contributed by atoms with Crippen molar-refractivity contribution in [2.75, 3.05) is 6.54 Å². The number of nitrogens with zero attached hydrogens (tertiary/aromatic N) is 1. The Morgan fingerprint density at radius 3 is 2.81 bits per heavy atom. The van der Waals surface area contributed by atoms with Crippen LogP contribution < -0.4 is 10.1 Å². The molecule has 0 unspecified atom stereocenters. The van der Waals surface area contributed by atoms with Crippen molar-refractivity contribution in [3.63, 3.8) is 0 Å². The number of hydrogen-bond acceptors (Lipinski definition) is 3. The zero-order chi connectivity index (χ0) is 15.2. The summed E-state index contributed by atoms with van der Waals surface area (Å²) in [5, 5.41) is 3.90. The molecule has 0 saturated heterocycles. The van der Waals surface area contributed by atoms with Crippen LogP contribution in [0.3, 0.4) is 0 Å². The van der Waals surface area contributed by atoms with Gasteiger partial charge in [0, 0.05) is 18.8 Å². The van der Waals surface area contributed by atoms with Crippen LogP contribution in [0.4, 0.5) is 0 Å². The number of halogens is 1. The van der Waals surface area contributed by atoms with Gasteiger partial charge in [-0.2, -0.15) is 0 Å². The Labute approximate surface area is 131 Å². The minimum atomic E-state index is 0.469. The minimum absolute atomic E-state index is 0.469. The molecule has 4 heteroatoms. The Morgan fingerprint density at radius 2 is 2.10 bits per heavy atom. The van der Waals surface area contributed by atoms with Gasteiger partial charge in [0.15, 0.2) is 0 Å². The van der Waals surface area contributed by atoms with Crippen LogP contribution in [0, 0.1) is 0 Å². The normalized spacial score (nSPS) is 10.9. The Balaban J connectivity index is 2.17. The van der Waals surface area contributed by atoms with Crippen molar-refractivity contribution in [3.05, 3.63) is 52.7 Å². The molecule has 21 heavy (non-hydrogen) atoms. The Hall–Kier alpha value is -1.58. The molecular formula is C17H21ClN2O. The highest BCUT2D eigenvalue weighted by atomic mass is 35.5. The highest BCUT2D eigenvalue weighted by Crippen LogP contribution is 2.26. The fourth-order valence-corrected chi connectivity index (χ4v) is 2.14. The molecule has 0 aliphatic carbocycles. The van der Waals surface area contributed by atoms with E-state index in [-0.39, 0.29) is 0 Å². The molecule has 0 radical (unpaired) electrons. The lowest BCUT2D eigenvalue weighted by Crippen LogP contribution is -2.12. The van der Waals surface area contributed by atoms with Gasteiger partial charge in [0.25, 0.3) is 0 Å². The number of pyridine rings is 1. The summed E-state index contributed by atoms with van der Waals surface area (Å²) in [4.78, 5) is 4.23. The van der Waals surface area contributed by atoms with Crippen molar-refractivity contribution in [2.45, 2.75) is 33.2 Å². The van der Waals surface area contributed by atoms with Crippen LogP contribution >= 0.6 is 11.6 Å². The number of nitrogens with one attached hydrogen (secondary N) is 1. The molecule has 2 rings (SSSR count). The van der Waals surface area contributed by atoms with E-state index < -0.39 is 0 Å². The molecule has 2 aromatic rings. The first-order valence-electron chi connectivity index (χ1n) is 7.23. The highest BCUT2D eigenvalue weighted by molar-refractivity contribution is 6.31. The van der Waals surface area contributed by atoms with Crippen LogP contribution in [-0.4, -0.2) is 11.5 Å². The van der Waals surface area contributed by atoms with E-state index in [9.17, 15) is 0 Å². The highest BCUT2D eigenvalue weighted by Gasteiger charge is 2.06. The summed E-state index contributed by atoms with van der Waals surface area (Å²) in [5.74, 6) is 1.83. The third-order valence-electron chi connectivity index (χ3n) is 3.22. The van der Waals surface area contributed by atoms with Crippen molar-refractivity contribution in [2.24, 2.45) is 0 Å². The summed E-state index contributed by atoms with van der Waals surface area (Å²) < 4.78 is 5.85. The number of aromatic nitrogens is 1. The molecule has 1 aromatic carbocycles. The third-order valence-corrected chi connectivity index (χ3v) is 3.56. The van der Waals surface area contributed by atoms with Gasteiger partial charge in [0.2, 0.25) is 5.88 Å². The first-order chi connectivity index (χ1) is 10.1. The average molecular weight is 305 g/mol. The number of benzene rings is 1. The van der Waals surface area contributed by atoms with Crippen LogP contribution in [0.5, 0.6) is 11.6 Å². The van der Waals surface area contributed by atoms with Crippen LogP contribution in [-0.2, 0) is 6.54 Å². The van der Waals surface area contributed by atoms with Gasteiger partial charge in [-0.05, 0) is 35.7 Å². The van der Waals surface area contributed by atoms with Gasteiger partial charge in [-0.1, -0.05) is 44.5 Å². The maximum Gasteiger partial charge on any atom is 0.219 e. The molecule has 0 amide bonds. The Kier molecular flexibility index (Phi) is 5.59. The van der Waals surface area contributed by atoms with Gasteiger partial charge in [-0.25, -0.2) is 4.98 Å². The second kappa shape index (κ2) is 7.43. The van der Waals surface area contributed by atoms with E-state index >= 15 is 0 Å². The van der Waals surface area contributed by atoms with Crippen LogP contribution in [0.2, 0.25) is 5.02 Å². The minimum Gasteiger partial charge on any atom is -0.439 e. The van der Waals surface area contributed by atoms with Crippen molar-refractivity contribution >= 4 is 11.6 Å². The summed E-state index contributed by atoms with van der Waals surface area (Å²) in [6.07, 6.45) is 1.63. The van der Waals surface area contributed by atoms with E-state index in [2.05, 4.69) is 37.1 Å². The zero-order valence-corrected chi connectivity index (χ0v) is 13.4. The first kappa shape index (κ1) is 15.8. The molecule has 3 nitrogen and oxygen atoms in total. The van der Waals surface area contributed by atoms with E-state index in [0.717, 1.165) is 17.9 Å². The quantitative estimate of drug-likeness (QED) is 0.835. The molecule has 0 spiro atoms. The van der Waals surface area contributed by atoms with Crippen molar-refractivity contribution in [1.82, 2.24) is 10.3 Å². The smallest absolute Gasteiger partial charge is 0.219 e. The maximum absolute atomic E-state index is 6.14. The lowest BCUT2D eigenvalue weighted by molar-refractivity contribution is 0.461. The Morgan fingerprint density at radius 1 is 1.29 bits per heavy atom. The second-order valence-electron chi connectivity index (χ2n) is 5.22. The standard InChI is InChI=1S/C17H21ClN2O/c1-4-19-10-14-9-17(20-11-16(14)18)21-15-7-5-6-13(8-15)12(2)3/h5-9,11-12,19H,4,10H2,1-3H3. The van der Waals surface area contributed by atoms with Crippen molar-refractivity contribution < 1.29 is 4.74 Å². The van der Waals surface area contributed by atoms with E-state index in [1.54, 1.807) is 6.20 Å². The largest absolute Gasteiger partial charge is 0.439 e. The predicted octanol–water partition coefficient (Wildman–Crippen LogP) is 4.76. The maximum atomic E-state index is 6.14. The molecule has 1 aromatic heterocycles. The van der Waals surface area contributed by atoms with Gasteiger partial charge in [-0.3, -0.25) is 0 Å². The van der Waals surface area contributed by atoms with E-state index in [1.807, 2.05) is 24.3 Å². The van der Waals surface area contributed by atoms with Crippen LogP contribution in [0.1, 0.15) is 37.8 Å². The summed E-state index contributed by atoms with van der Waals surface area (Å²) in [6.45, 7) is 7.98. The molecule has 1 heterocycles. The van der Waals surface area contributed by atoms with Gasteiger partial charge >= 0.3 is 0 Å². The number of rotatable bonds is 6. The van der Waals surface area contributed by atoms with Crippen LogP contribution in [0.15, 0.2) is 36.5 Å². The molecule has 0 atom stereocenters. The fourth-order valence-electron chi connectivity index (χ4n) is 1.97. The lowest BCUT2D eigenvalue weighted by atomic mass is 10.0. The van der Waals surface area contributed by atoms with E-state index in [0.29, 0.717) is 23.4 Å². The predicted molar refractivity (Wildman–Crippen MR) is 87.2 cm³/mol. The second-order valence-corrected chi connectivity index (χ2v) is 5.63. The molecule has 0 saturated carbocycles. The summed E-state index contributed by atoms with van der Waals surface area (Å²) in [6, 6.07) is 9.97. The zero-order valence-electron chi connectivity index (χ0n) is 12.7. The Bertz CT molecular complexity index is 599. The molecule has 1 N–H and O–H groups in total. The summed E-state index contributed by atoms with van der Waals surface area (Å²) in [5.41, 5.74) is 2.23. The first-order valence-corrected chi connectivity index (χ1v) is 7.61. The summed E-state index contributed by atoms with van der Waals surface area (Å²) >= 11 is 6.14. The lowest BCUT2D eigenvalue weighted by Gasteiger charge is -2.11.